The van der Waals surface area contributed by atoms with Crippen LogP contribution >= 0.6 is 0 Å². The molecular formula is C18H38O3Si. The molecule has 22 heavy (non-hydrogen) atoms. The van der Waals surface area contributed by atoms with E-state index in [9.17, 15) is 9.90 Å². The van der Waals surface area contributed by atoms with Crippen molar-refractivity contribution in [3.8, 4) is 0 Å². The summed E-state index contributed by atoms with van der Waals surface area (Å²) in [6.45, 7) is 20.9. The van der Waals surface area contributed by atoms with Crippen molar-refractivity contribution in [2.75, 3.05) is 0 Å². The molecule has 0 aliphatic carbocycles. The molecule has 0 amide bonds. The van der Waals surface area contributed by atoms with Crippen LogP contribution in [0.3, 0.4) is 0 Å². The maximum Gasteiger partial charge on any atom is 0.201 e. The molecule has 0 bridgehead atoms. The number of aliphatic hydroxyl groups is 1. The van der Waals surface area contributed by atoms with E-state index < -0.39 is 20.5 Å². The van der Waals surface area contributed by atoms with Crippen molar-refractivity contribution in [3.05, 3.63) is 0 Å². The second kappa shape index (κ2) is 8.60. The van der Waals surface area contributed by atoms with Gasteiger partial charge >= 0.3 is 0 Å². The fourth-order valence-corrected chi connectivity index (χ4v) is 9.43. The highest BCUT2D eigenvalue weighted by molar-refractivity contribution is 6.77. The minimum atomic E-state index is -2.06. The van der Waals surface area contributed by atoms with Crippen molar-refractivity contribution in [1.82, 2.24) is 0 Å². The molecule has 0 spiro atoms. The molecule has 0 aliphatic rings. The molecule has 0 radical (unpaired) electrons. The molecule has 0 saturated carbocycles. The van der Waals surface area contributed by atoms with E-state index in [1.807, 2.05) is 27.7 Å². The lowest BCUT2D eigenvalue weighted by molar-refractivity contribution is -0.133. The molecule has 3 nitrogen and oxygen atoms in total. The van der Waals surface area contributed by atoms with Gasteiger partial charge in [-0.1, -0.05) is 62.3 Å². The molecule has 0 aromatic rings. The Balaban J connectivity index is 5.28. The maximum absolute atomic E-state index is 12.7. The number of carbonyl (C=O) groups is 1. The number of rotatable bonds is 9. The first-order valence-corrected chi connectivity index (χ1v) is 10.9. The van der Waals surface area contributed by atoms with Gasteiger partial charge in [0, 0.05) is 5.92 Å². The van der Waals surface area contributed by atoms with Crippen LogP contribution < -0.4 is 0 Å². The van der Waals surface area contributed by atoms with Crippen LogP contribution in [0, 0.1) is 11.8 Å². The zero-order valence-electron chi connectivity index (χ0n) is 16.3. The molecular weight excluding hydrogens is 292 g/mol. The normalized spacial score (nSPS) is 17.4. The number of hydrogen-bond donors (Lipinski definition) is 1. The lowest BCUT2D eigenvalue weighted by atomic mass is 9.90. The Hall–Kier alpha value is -0.193. The number of ketones is 1. The van der Waals surface area contributed by atoms with Crippen molar-refractivity contribution >= 4 is 14.1 Å². The largest absolute Gasteiger partial charge is 0.406 e. The fourth-order valence-electron chi connectivity index (χ4n) is 3.89. The molecule has 0 heterocycles. The maximum atomic E-state index is 12.7. The fraction of sp³-hybridized carbons (Fsp3) is 0.944. The van der Waals surface area contributed by atoms with Crippen LogP contribution in [-0.2, 0) is 9.22 Å². The molecule has 0 fully saturated rings. The van der Waals surface area contributed by atoms with Crippen LogP contribution in [0.4, 0.5) is 0 Å². The van der Waals surface area contributed by atoms with Gasteiger partial charge in [-0.15, -0.1) is 0 Å². The summed E-state index contributed by atoms with van der Waals surface area (Å²) >= 11 is 0. The summed E-state index contributed by atoms with van der Waals surface area (Å²) in [6, 6.07) is 0. The first-order chi connectivity index (χ1) is 9.89. The lowest BCUT2D eigenvalue weighted by Crippen LogP contribution is -2.52. The van der Waals surface area contributed by atoms with Gasteiger partial charge < -0.3 is 9.53 Å². The van der Waals surface area contributed by atoms with Gasteiger partial charge in [0.05, 0.1) is 6.10 Å². The topological polar surface area (TPSA) is 46.5 Å². The van der Waals surface area contributed by atoms with Crippen LogP contribution in [0.2, 0.25) is 16.6 Å². The number of Topliss-reactive ketones (excluding diaryl/α,β-unsaturated/α-hetero) is 1. The van der Waals surface area contributed by atoms with Gasteiger partial charge in [-0.25, -0.2) is 0 Å². The Morgan fingerprint density at radius 1 is 0.818 bits per heavy atom. The van der Waals surface area contributed by atoms with Crippen LogP contribution in [-0.4, -0.2) is 31.4 Å². The van der Waals surface area contributed by atoms with Crippen LogP contribution in [0.25, 0.3) is 0 Å². The molecule has 0 unspecified atom stereocenters. The molecule has 4 heteroatoms. The first kappa shape index (κ1) is 21.8. The Kier molecular flexibility index (Phi) is 8.53. The van der Waals surface area contributed by atoms with Gasteiger partial charge in [-0.3, -0.25) is 4.79 Å². The summed E-state index contributed by atoms with van der Waals surface area (Å²) in [5.41, 5.74) is 1.36. The average molecular weight is 331 g/mol. The molecule has 3 atom stereocenters. The zero-order valence-corrected chi connectivity index (χ0v) is 17.3. The quantitative estimate of drug-likeness (QED) is 0.618. The van der Waals surface area contributed by atoms with E-state index in [0.29, 0.717) is 16.6 Å². The molecule has 0 aliphatic heterocycles. The summed E-state index contributed by atoms with van der Waals surface area (Å²) in [7, 11) is -2.06. The average Bonchev–Trinajstić information content (AvgIpc) is 2.40. The number of aliphatic hydroxyl groups excluding tert-OH is 1. The highest BCUT2D eigenvalue weighted by atomic mass is 28.4. The SMILES string of the molecule is CC(C)[C@H](O)[C@@H](C)C(=O)[C@H](C)O[Si](C(C)C)(C(C)C)C(C)C. The lowest BCUT2D eigenvalue weighted by Gasteiger charge is -2.44. The van der Waals surface area contributed by atoms with E-state index in [0.717, 1.165) is 0 Å². The monoisotopic (exact) mass is 330 g/mol. The highest BCUT2D eigenvalue weighted by Crippen LogP contribution is 2.43. The second-order valence-electron chi connectivity index (χ2n) is 8.00. The molecule has 1 N–H and O–H groups in total. The standard InChI is InChI=1S/C18H38O3Si/c1-11(2)17(19)15(9)18(20)16(10)21-22(12(3)4,13(5)6)14(7)8/h11-17,19H,1-10H3/t15-,16+,17+/m1/s1. The van der Waals surface area contributed by atoms with Gasteiger partial charge in [-0.2, -0.15) is 0 Å². The first-order valence-electron chi connectivity index (χ1n) is 8.79. The van der Waals surface area contributed by atoms with Crippen LogP contribution in [0.1, 0.15) is 69.2 Å². The smallest absolute Gasteiger partial charge is 0.201 e. The molecule has 0 rings (SSSR count). The minimum absolute atomic E-state index is 0.0278. The third-order valence-electron chi connectivity index (χ3n) is 5.13. The Morgan fingerprint density at radius 3 is 1.45 bits per heavy atom. The van der Waals surface area contributed by atoms with Crippen molar-refractivity contribution in [1.29, 1.82) is 0 Å². The van der Waals surface area contributed by atoms with Gasteiger partial charge in [0.15, 0.2) is 5.78 Å². The molecule has 0 aromatic carbocycles. The number of carbonyl (C=O) groups excluding carboxylic acids is 1. The second-order valence-corrected chi connectivity index (χ2v) is 13.4. The zero-order chi connectivity index (χ0) is 17.8. The van der Waals surface area contributed by atoms with E-state index in [1.54, 1.807) is 0 Å². The molecule has 132 valence electrons. The van der Waals surface area contributed by atoms with Gasteiger partial charge in [0.25, 0.3) is 0 Å². The van der Waals surface area contributed by atoms with Crippen molar-refractivity contribution in [2.45, 2.75) is 98.1 Å². The molecule has 0 saturated heterocycles. The Morgan fingerprint density at radius 2 is 1.18 bits per heavy atom. The van der Waals surface area contributed by atoms with Gasteiger partial charge in [-0.05, 0) is 29.5 Å². The number of hydrogen-bond acceptors (Lipinski definition) is 3. The third-order valence-corrected chi connectivity index (χ3v) is 11.3. The van der Waals surface area contributed by atoms with E-state index >= 15 is 0 Å². The van der Waals surface area contributed by atoms with E-state index in [2.05, 4.69) is 41.5 Å². The van der Waals surface area contributed by atoms with Crippen molar-refractivity contribution < 1.29 is 14.3 Å². The summed E-state index contributed by atoms with van der Waals surface area (Å²) < 4.78 is 6.51. The summed E-state index contributed by atoms with van der Waals surface area (Å²) in [5, 5.41) is 10.2. The van der Waals surface area contributed by atoms with Crippen molar-refractivity contribution in [3.63, 3.8) is 0 Å². The summed E-state index contributed by atoms with van der Waals surface area (Å²) in [5.74, 6) is -0.276. The van der Waals surface area contributed by atoms with Gasteiger partial charge in [0.2, 0.25) is 8.32 Å². The molecule has 0 aromatic heterocycles. The third kappa shape index (κ3) is 4.65. The van der Waals surface area contributed by atoms with E-state index in [1.165, 1.54) is 0 Å². The predicted molar refractivity (Wildman–Crippen MR) is 96.6 cm³/mol. The van der Waals surface area contributed by atoms with Crippen molar-refractivity contribution in [2.24, 2.45) is 11.8 Å². The summed E-state index contributed by atoms with van der Waals surface area (Å²) in [4.78, 5) is 12.7. The predicted octanol–water partition coefficient (Wildman–Crippen LogP) is 4.79. The van der Waals surface area contributed by atoms with E-state index in [4.69, 9.17) is 4.43 Å². The summed E-state index contributed by atoms with van der Waals surface area (Å²) in [6.07, 6.45) is -1.05. The Labute approximate surface area is 139 Å². The highest BCUT2D eigenvalue weighted by Gasteiger charge is 2.47. The van der Waals surface area contributed by atoms with E-state index in [-0.39, 0.29) is 17.6 Å². The van der Waals surface area contributed by atoms with Gasteiger partial charge in [0.1, 0.15) is 6.10 Å². The minimum Gasteiger partial charge on any atom is -0.406 e. The Bertz CT molecular complexity index is 328. The van der Waals surface area contributed by atoms with Crippen LogP contribution in [0.15, 0.2) is 0 Å². The van der Waals surface area contributed by atoms with Crippen LogP contribution in [0.5, 0.6) is 0 Å².